The fourth-order valence-corrected chi connectivity index (χ4v) is 2.00. The first kappa shape index (κ1) is 10.5. The molecular weight excluding hydrogens is 228 g/mol. The molecule has 6 nitrogen and oxygen atoms in total. The van der Waals surface area contributed by atoms with Crippen molar-refractivity contribution in [1.82, 2.24) is 19.5 Å². The zero-order chi connectivity index (χ0) is 12.7. The van der Waals surface area contributed by atoms with Crippen LogP contribution in [0.2, 0.25) is 0 Å². The fourth-order valence-electron chi connectivity index (χ4n) is 2.00. The van der Waals surface area contributed by atoms with Gasteiger partial charge in [-0.3, -0.25) is 0 Å². The van der Waals surface area contributed by atoms with Gasteiger partial charge in [-0.05, 0) is 6.07 Å². The van der Waals surface area contributed by atoms with Gasteiger partial charge in [-0.2, -0.15) is 4.98 Å². The van der Waals surface area contributed by atoms with Crippen molar-refractivity contribution in [2.24, 2.45) is 7.05 Å². The first-order valence-corrected chi connectivity index (χ1v) is 5.45. The highest BCUT2D eigenvalue weighted by molar-refractivity contribution is 6.00. The number of nitrogens with zero attached hydrogens (tertiary/aromatic N) is 4. The topological polar surface area (TPSA) is 95.6 Å². The Balaban J connectivity index is 2.36. The summed E-state index contributed by atoms with van der Waals surface area (Å²) >= 11 is 0. The molecule has 0 atom stereocenters. The van der Waals surface area contributed by atoms with Crippen LogP contribution in [0.3, 0.4) is 0 Å². The van der Waals surface area contributed by atoms with E-state index < -0.39 is 0 Å². The SMILES string of the molecule is Cn1cnc(-c2cccc3nc(N)nc(N)c23)c1. The van der Waals surface area contributed by atoms with Crippen LogP contribution in [0.5, 0.6) is 0 Å². The van der Waals surface area contributed by atoms with Crippen LogP contribution in [0.25, 0.3) is 22.2 Å². The normalized spacial score (nSPS) is 10.9. The monoisotopic (exact) mass is 240 g/mol. The molecule has 2 aromatic heterocycles. The Kier molecular flexibility index (Phi) is 2.16. The average Bonchev–Trinajstić information content (AvgIpc) is 2.74. The maximum atomic E-state index is 5.94. The molecule has 1 aromatic carbocycles. The van der Waals surface area contributed by atoms with Gasteiger partial charge in [0, 0.05) is 18.8 Å². The van der Waals surface area contributed by atoms with Crippen molar-refractivity contribution < 1.29 is 0 Å². The van der Waals surface area contributed by atoms with Crippen LogP contribution in [0.1, 0.15) is 0 Å². The maximum Gasteiger partial charge on any atom is 0.222 e. The number of aryl methyl sites for hydroxylation is 1. The third-order valence-corrected chi connectivity index (χ3v) is 2.75. The summed E-state index contributed by atoms with van der Waals surface area (Å²) in [6.45, 7) is 0. The van der Waals surface area contributed by atoms with Gasteiger partial charge in [0.05, 0.1) is 22.9 Å². The lowest BCUT2D eigenvalue weighted by Crippen LogP contribution is -2.01. The van der Waals surface area contributed by atoms with Gasteiger partial charge in [0.1, 0.15) is 5.82 Å². The molecule has 2 heterocycles. The molecule has 6 heteroatoms. The minimum absolute atomic E-state index is 0.179. The van der Waals surface area contributed by atoms with E-state index in [2.05, 4.69) is 15.0 Å². The molecule has 3 rings (SSSR count). The molecule has 0 spiro atoms. The van der Waals surface area contributed by atoms with E-state index in [1.807, 2.05) is 36.0 Å². The second-order valence-corrected chi connectivity index (χ2v) is 4.09. The number of benzene rings is 1. The first-order chi connectivity index (χ1) is 8.65. The minimum Gasteiger partial charge on any atom is -0.383 e. The van der Waals surface area contributed by atoms with Crippen molar-refractivity contribution in [2.45, 2.75) is 0 Å². The number of aromatic nitrogens is 4. The number of hydrogen-bond acceptors (Lipinski definition) is 5. The highest BCUT2D eigenvalue weighted by atomic mass is 15.0. The van der Waals surface area contributed by atoms with Crippen LogP contribution < -0.4 is 11.5 Å². The van der Waals surface area contributed by atoms with Crippen molar-refractivity contribution >= 4 is 22.7 Å². The van der Waals surface area contributed by atoms with E-state index in [9.17, 15) is 0 Å². The number of nitrogen functional groups attached to an aromatic ring is 2. The summed E-state index contributed by atoms with van der Waals surface area (Å²) in [5.74, 6) is 0.553. The van der Waals surface area contributed by atoms with Crippen LogP contribution in [-0.4, -0.2) is 19.5 Å². The summed E-state index contributed by atoms with van der Waals surface area (Å²) in [5, 5.41) is 0.783. The van der Waals surface area contributed by atoms with Crippen LogP contribution in [0.4, 0.5) is 11.8 Å². The molecule has 0 radical (unpaired) electrons. The van der Waals surface area contributed by atoms with E-state index >= 15 is 0 Å². The van der Waals surface area contributed by atoms with E-state index in [-0.39, 0.29) is 5.95 Å². The number of anilines is 2. The Morgan fingerprint density at radius 2 is 2.00 bits per heavy atom. The molecule has 0 amide bonds. The molecule has 0 bridgehead atoms. The molecule has 90 valence electrons. The summed E-state index contributed by atoms with van der Waals surface area (Å²) in [5.41, 5.74) is 14.0. The van der Waals surface area contributed by atoms with E-state index in [1.165, 1.54) is 0 Å². The molecule has 0 aliphatic rings. The molecule has 0 unspecified atom stereocenters. The lowest BCUT2D eigenvalue weighted by Gasteiger charge is -2.06. The highest BCUT2D eigenvalue weighted by Crippen LogP contribution is 2.30. The van der Waals surface area contributed by atoms with Crippen LogP contribution in [0, 0.1) is 0 Å². The zero-order valence-corrected chi connectivity index (χ0v) is 9.83. The maximum absolute atomic E-state index is 5.94. The summed E-state index contributed by atoms with van der Waals surface area (Å²) in [7, 11) is 1.92. The van der Waals surface area contributed by atoms with Crippen molar-refractivity contribution in [2.75, 3.05) is 11.5 Å². The molecule has 3 aromatic rings. The predicted octanol–water partition coefficient (Wildman–Crippen LogP) is 1.19. The van der Waals surface area contributed by atoms with Gasteiger partial charge >= 0.3 is 0 Å². The number of fused-ring (bicyclic) bond motifs is 1. The molecule has 0 fully saturated rings. The first-order valence-electron chi connectivity index (χ1n) is 5.45. The molecule has 0 saturated heterocycles. The van der Waals surface area contributed by atoms with Gasteiger partial charge in [-0.15, -0.1) is 0 Å². The van der Waals surface area contributed by atoms with Gasteiger partial charge in [0.15, 0.2) is 0 Å². The zero-order valence-electron chi connectivity index (χ0n) is 9.83. The van der Waals surface area contributed by atoms with Gasteiger partial charge < -0.3 is 16.0 Å². The Labute approximate surface area is 103 Å². The summed E-state index contributed by atoms with van der Waals surface area (Å²) in [6, 6.07) is 5.70. The largest absolute Gasteiger partial charge is 0.383 e. The lowest BCUT2D eigenvalue weighted by molar-refractivity contribution is 0.913. The number of nitrogens with two attached hydrogens (primary N) is 2. The van der Waals surface area contributed by atoms with E-state index in [0.717, 1.165) is 22.2 Å². The van der Waals surface area contributed by atoms with E-state index in [0.29, 0.717) is 5.82 Å². The minimum atomic E-state index is 0.179. The molecule has 0 aliphatic carbocycles. The second kappa shape index (κ2) is 3.69. The molecular formula is C12H12N6. The summed E-state index contributed by atoms with van der Waals surface area (Å²) in [6.07, 6.45) is 3.66. The highest BCUT2D eigenvalue weighted by Gasteiger charge is 2.11. The Morgan fingerprint density at radius 1 is 1.17 bits per heavy atom. The second-order valence-electron chi connectivity index (χ2n) is 4.09. The number of hydrogen-bond donors (Lipinski definition) is 2. The lowest BCUT2D eigenvalue weighted by atomic mass is 10.1. The Bertz CT molecular complexity index is 731. The Morgan fingerprint density at radius 3 is 2.72 bits per heavy atom. The van der Waals surface area contributed by atoms with Gasteiger partial charge in [0.2, 0.25) is 5.95 Å². The van der Waals surface area contributed by atoms with Gasteiger partial charge in [-0.1, -0.05) is 12.1 Å². The van der Waals surface area contributed by atoms with Crippen LogP contribution >= 0.6 is 0 Å². The molecule has 18 heavy (non-hydrogen) atoms. The average molecular weight is 240 g/mol. The van der Waals surface area contributed by atoms with Crippen LogP contribution in [-0.2, 0) is 7.05 Å². The van der Waals surface area contributed by atoms with Gasteiger partial charge in [0.25, 0.3) is 0 Å². The molecule has 0 saturated carbocycles. The standard InChI is InChI=1S/C12H12N6/c1-18-5-9(15-6-18)7-3-2-4-8-10(7)11(13)17-12(14)16-8/h2-6H,1H3,(H4,13,14,16,17). The third kappa shape index (κ3) is 1.55. The molecule has 0 aliphatic heterocycles. The quantitative estimate of drug-likeness (QED) is 0.666. The summed E-state index contributed by atoms with van der Waals surface area (Å²) < 4.78 is 1.88. The van der Waals surface area contributed by atoms with Crippen molar-refractivity contribution in [3.05, 3.63) is 30.7 Å². The van der Waals surface area contributed by atoms with E-state index in [1.54, 1.807) is 6.33 Å². The predicted molar refractivity (Wildman–Crippen MR) is 70.6 cm³/mol. The molecule has 4 N–H and O–H groups in total. The fraction of sp³-hybridized carbons (Fsp3) is 0.0833. The Hall–Kier alpha value is -2.63. The van der Waals surface area contributed by atoms with Crippen molar-refractivity contribution in [3.63, 3.8) is 0 Å². The van der Waals surface area contributed by atoms with Crippen molar-refractivity contribution in [1.29, 1.82) is 0 Å². The number of rotatable bonds is 1. The van der Waals surface area contributed by atoms with Gasteiger partial charge in [-0.25, -0.2) is 9.97 Å². The van der Waals surface area contributed by atoms with Crippen molar-refractivity contribution in [3.8, 4) is 11.3 Å². The smallest absolute Gasteiger partial charge is 0.222 e. The van der Waals surface area contributed by atoms with E-state index in [4.69, 9.17) is 11.5 Å². The summed E-state index contributed by atoms with van der Waals surface area (Å²) in [4.78, 5) is 12.5. The van der Waals surface area contributed by atoms with Crippen LogP contribution in [0.15, 0.2) is 30.7 Å². The number of imidazole rings is 1. The third-order valence-electron chi connectivity index (χ3n) is 2.75.